The molecule has 6 heterocycles. The zero-order chi connectivity index (χ0) is 29.1. The van der Waals surface area contributed by atoms with Gasteiger partial charge >= 0.3 is 13.5 Å². The first-order valence-corrected chi connectivity index (χ1v) is 17.4. The van der Waals surface area contributed by atoms with Crippen molar-refractivity contribution in [2.24, 2.45) is 0 Å². The number of rotatable bonds is 1. The topological polar surface area (TPSA) is 204 Å². The van der Waals surface area contributed by atoms with E-state index in [-0.39, 0.29) is 36.1 Å². The highest BCUT2D eigenvalue weighted by atomic mass is 35.5. The second-order valence-electron chi connectivity index (χ2n) is 8.87. The average molecular weight is 669 g/mol. The Kier molecular flexibility index (Phi) is 7.74. The maximum absolute atomic E-state index is 15.8. The van der Waals surface area contributed by atoms with Gasteiger partial charge in [0.2, 0.25) is 5.95 Å². The SMILES string of the molecule is Nc1nc2c(ncn2[C@@H]2O[C@@H]3COP(O)(=S)OCCn4c(nc5cc(Cl)cnc54)COP(=O)(S)O[C@@H]2[C@H]3F)c(=O)[nH]1. The molecule has 4 aromatic rings. The lowest BCUT2D eigenvalue weighted by Gasteiger charge is -2.24. The molecular weight excluding hydrogens is 649 g/mol. The molecule has 2 aliphatic rings. The van der Waals surface area contributed by atoms with Crippen LogP contribution in [0.4, 0.5) is 10.3 Å². The van der Waals surface area contributed by atoms with E-state index in [2.05, 4.69) is 37.2 Å². The third-order valence-electron chi connectivity index (χ3n) is 6.20. The van der Waals surface area contributed by atoms with Crippen molar-refractivity contribution in [3.8, 4) is 0 Å². The minimum absolute atomic E-state index is 0.0570. The number of imidazole rings is 2. The molecule has 2 unspecified atom stereocenters. The summed E-state index contributed by atoms with van der Waals surface area (Å²) in [6.45, 7) is -9.22. The molecule has 1 saturated heterocycles. The number of pyridine rings is 1. The number of alkyl halides is 1. The Morgan fingerprint density at radius 1 is 1.27 bits per heavy atom. The molecule has 0 radical (unpaired) electrons. The van der Waals surface area contributed by atoms with Crippen LogP contribution in [0.3, 0.4) is 0 Å². The second-order valence-corrected chi connectivity index (χ2v) is 15.0. The van der Waals surface area contributed by atoms with Crippen LogP contribution in [-0.4, -0.2) is 70.5 Å². The van der Waals surface area contributed by atoms with Crippen molar-refractivity contribution in [1.82, 2.24) is 34.1 Å². The van der Waals surface area contributed by atoms with E-state index in [0.717, 1.165) is 6.33 Å². The highest BCUT2D eigenvalue weighted by molar-refractivity contribution is 8.44. The van der Waals surface area contributed by atoms with Gasteiger partial charge in [-0.25, -0.2) is 23.9 Å². The van der Waals surface area contributed by atoms with E-state index in [0.29, 0.717) is 16.2 Å². The first kappa shape index (κ1) is 29.1. The third-order valence-corrected chi connectivity index (χ3v) is 9.62. The first-order valence-electron chi connectivity index (χ1n) is 11.7. The highest BCUT2D eigenvalue weighted by Gasteiger charge is 2.51. The van der Waals surface area contributed by atoms with Crippen LogP contribution in [0.15, 0.2) is 23.4 Å². The molecule has 0 aliphatic carbocycles. The zero-order valence-corrected chi connectivity index (χ0v) is 24.7. The van der Waals surface area contributed by atoms with Gasteiger partial charge < -0.3 is 29.0 Å². The molecule has 4 aromatic heterocycles. The normalized spacial score (nSPS) is 31.6. The van der Waals surface area contributed by atoms with Gasteiger partial charge in [0.05, 0.1) is 24.6 Å². The number of anilines is 1. The fourth-order valence-corrected chi connectivity index (χ4v) is 7.10. The Hall–Kier alpha value is -2.02. The summed E-state index contributed by atoms with van der Waals surface area (Å²) in [5.41, 5.74) is 5.66. The van der Waals surface area contributed by atoms with Gasteiger partial charge in [-0.3, -0.25) is 23.4 Å². The molecule has 41 heavy (non-hydrogen) atoms. The van der Waals surface area contributed by atoms with E-state index in [4.69, 9.17) is 52.0 Å². The van der Waals surface area contributed by atoms with Crippen LogP contribution in [0, 0.1) is 0 Å². The Morgan fingerprint density at radius 2 is 2.07 bits per heavy atom. The number of aromatic amines is 1. The van der Waals surface area contributed by atoms with Gasteiger partial charge in [0.15, 0.2) is 29.2 Å². The molecule has 1 fully saturated rings. The van der Waals surface area contributed by atoms with E-state index < -0.39 is 56.9 Å². The number of hydrogen-bond acceptors (Lipinski definition) is 13. The standard InChI is InChI=1S/C19H20ClFN8O8P2S2/c20-8-3-9-15(23-4-8)28-1-2-33-38(31,40)34-5-10-12(21)14(37-39(32,41)35-6-11(28)25-9)18(36-10)29-7-24-13-16(29)26-19(22)27-17(13)30/h3-4,7,10,12,14,18H,1-2,5-6H2,(H,31,40)(H,32,41)(H3,22,26,27,30)/t10-,12+,14-,18-,38?,39?/m1/s1. The minimum atomic E-state index is -4.32. The summed E-state index contributed by atoms with van der Waals surface area (Å²) < 4.78 is 59.7. The van der Waals surface area contributed by atoms with Crippen molar-refractivity contribution in [3.05, 3.63) is 39.8 Å². The van der Waals surface area contributed by atoms with E-state index >= 15 is 4.39 Å². The average Bonchev–Trinajstić information content (AvgIpc) is 3.55. The van der Waals surface area contributed by atoms with Gasteiger partial charge in [-0.05, 0) is 17.9 Å². The monoisotopic (exact) mass is 668 g/mol. The van der Waals surface area contributed by atoms with Crippen LogP contribution in [0.2, 0.25) is 5.02 Å². The van der Waals surface area contributed by atoms with E-state index in [9.17, 15) is 14.3 Å². The van der Waals surface area contributed by atoms with Crippen molar-refractivity contribution >= 4 is 77.4 Å². The van der Waals surface area contributed by atoms with Crippen LogP contribution < -0.4 is 11.3 Å². The number of thiol groups is 1. The Bertz CT molecular complexity index is 1810. The Morgan fingerprint density at radius 3 is 2.88 bits per heavy atom. The number of aromatic nitrogens is 7. The van der Waals surface area contributed by atoms with Crippen molar-refractivity contribution in [3.63, 3.8) is 0 Å². The fourth-order valence-electron chi connectivity index (χ4n) is 4.45. The summed E-state index contributed by atoms with van der Waals surface area (Å²) in [6.07, 6.45) is -3.89. The molecule has 220 valence electrons. The molecule has 6 atom stereocenters. The number of nitrogens with one attached hydrogen (secondary N) is 1. The molecule has 0 amide bonds. The molecule has 0 spiro atoms. The maximum Gasteiger partial charge on any atom is 0.387 e. The summed E-state index contributed by atoms with van der Waals surface area (Å²) >= 11 is 15.2. The number of nitrogens with two attached hydrogens (primary N) is 1. The summed E-state index contributed by atoms with van der Waals surface area (Å²) in [5.74, 6) is -0.00230. The van der Waals surface area contributed by atoms with Crippen molar-refractivity contribution in [2.75, 3.05) is 18.9 Å². The molecular formula is C19H20ClFN8O8P2S2. The predicted molar refractivity (Wildman–Crippen MR) is 149 cm³/mol. The molecule has 4 N–H and O–H groups in total. The summed E-state index contributed by atoms with van der Waals surface area (Å²) in [6, 6.07) is 1.56. The Labute approximate surface area is 244 Å². The third kappa shape index (κ3) is 5.81. The lowest BCUT2D eigenvalue weighted by atomic mass is 10.1. The zero-order valence-electron chi connectivity index (χ0n) is 20.4. The highest BCUT2D eigenvalue weighted by Crippen LogP contribution is 2.58. The number of nitrogen functional groups attached to an aromatic ring is 1. The number of fused-ring (bicyclic) bond motifs is 6. The van der Waals surface area contributed by atoms with Gasteiger partial charge in [0.25, 0.3) is 5.56 Å². The molecule has 2 bridgehead atoms. The van der Waals surface area contributed by atoms with Gasteiger partial charge in [-0.15, -0.1) is 0 Å². The van der Waals surface area contributed by atoms with Crippen LogP contribution >= 0.6 is 37.4 Å². The molecule has 0 aromatic carbocycles. The lowest BCUT2D eigenvalue weighted by molar-refractivity contribution is -0.0453. The number of hydrogen-bond donors (Lipinski definition) is 4. The quantitative estimate of drug-likeness (QED) is 0.170. The first-order chi connectivity index (χ1) is 19.4. The lowest BCUT2D eigenvalue weighted by Crippen LogP contribution is -2.32. The van der Waals surface area contributed by atoms with E-state index in [1.165, 1.54) is 10.8 Å². The van der Waals surface area contributed by atoms with Gasteiger partial charge in [-0.1, -0.05) is 23.8 Å². The van der Waals surface area contributed by atoms with Crippen molar-refractivity contribution < 1.29 is 36.7 Å². The number of nitrogens with zero attached hydrogens (tertiary/aromatic N) is 6. The molecule has 2 aliphatic heterocycles. The number of ether oxygens (including phenoxy) is 1. The van der Waals surface area contributed by atoms with E-state index in [1.807, 2.05) is 0 Å². The maximum atomic E-state index is 15.8. The summed E-state index contributed by atoms with van der Waals surface area (Å²) in [7, 11) is 0. The molecule has 16 nitrogen and oxygen atoms in total. The number of halogens is 2. The van der Waals surface area contributed by atoms with Crippen LogP contribution in [0.5, 0.6) is 0 Å². The van der Waals surface area contributed by atoms with Crippen molar-refractivity contribution in [2.45, 2.75) is 37.8 Å². The predicted octanol–water partition coefficient (Wildman–Crippen LogP) is 2.24. The molecule has 0 saturated carbocycles. The van der Waals surface area contributed by atoms with Gasteiger partial charge in [-0.2, -0.15) is 4.98 Å². The van der Waals surface area contributed by atoms with Crippen LogP contribution in [0.1, 0.15) is 12.1 Å². The number of H-pyrrole nitrogens is 1. The second kappa shape index (κ2) is 10.9. The van der Waals surface area contributed by atoms with Crippen molar-refractivity contribution in [1.29, 1.82) is 0 Å². The Balaban J connectivity index is 1.38. The summed E-state index contributed by atoms with van der Waals surface area (Å²) in [4.78, 5) is 41.9. The van der Waals surface area contributed by atoms with Gasteiger partial charge in [0.1, 0.15) is 30.2 Å². The molecule has 22 heteroatoms. The smallest absolute Gasteiger partial charge is 0.369 e. The largest absolute Gasteiger partial charge is 0.387 e. The van der Waals surface area contributed by atoms with Crippen LogP contribution in [0.25, 0.3) is 22.3 Å². The molecule has 6 rings (SSSR count). The summed E-state index contributed by atoms with van der Waals surface area (Å²) in [5, 5.41) is 0.330. The van der Waals surface area contributed by atoms with Gasteiger partial charge in [0, 0.05) is 12.7 Å². The fraction of sp³-hybridized carbons (Fsp3) is 0.421. The minimum Gasteiger partial charge on any atom is -0.369 e. The van der Waals surface area contributed by atoms with E-state index in [1.54, 1.807) is 10.6 Å². The van der Waals surface area contributed by atoms with Crippen LogP contribution in [-0.2, 0) is 52.4 Å².